The largest absolute Gasteiger partial charge is 0.467 e. The van der Waals surface area contributed by atoms with Crippen molar-refractivity contribution in [2.24, 2.45) is 0 Å². The molecule has 0 spiro atoms. The lowest BCUT2D eigenvalue weighted by molar-refractivity contribution is -0.384. The molecule has 0 saturated carbocycles. The average molecular weight is 327 g/mol. The Kier molecular flexibility index (Phi) is 5.44. The Hall–Kier alpha value is -2.99. The highest BCUT2D eigenvalue weighted by Gasteiger charge is 2.34. The summed E-state index contributed by atoms with van der Waals surface area (Å²) in [6.07, 6.45) is 2.94. The van der Waals surface area contributed by atoms with Crippen molar-refractivity contribution in [2.45, 2.75) is 12.0 Å². The van der Waals surface area contributed by atoms with Crippen LogP contribution in [0.1, 0.15) is 11.1 Å². The molecule has 0 amide bonds. The van der Waals surface area contributed by atoms with Gasteiger partial charge < -0.3 is 9.84 Å². The number of nitrogens with zero attached hydrogens (tertiary/aromatic N) is 1. The standard InChI is InChI=1S/C18H17NO5/c1-24-17(20)18(21,12-11-14-5-3-2-4-6-14)13-15-7-9-16(10-8-15)19(22)23/h2-12,21H,13H2,1H3/b12-11+. The van der Waals surface area contributed by atoms with E-state index in [1.54, 1.807) is 6.08 Å². The van der Waals surface area contributed by atoms with Crippen LogP contribution in [0.15, 0.2) is 60.7 Å². The maximum absolute atomic E-state index is 12.0. The highest BCUT2D eigenvalue weighted by molar-refractivity contribution is 5.83. The van der Waals surface area contributed by atoms with Crippen LogP contribution in [-0.2, 0) is 16.0 Å². The number of carbonyl (C=O) groups is 1. The van der Waals surface area contributed by atoms with Crippen LogP contribution in [0.2, 0.25) is 0 Å². The van der Waals surface area contributed by atoms with Gasteiger partial charge in [-0.2, -0.15) is 0 Å². The number of benzene rings is 2. The molecule has 2 rings (SSSR count). The van der Waals surface area contributed by atoms with Crippen molar-refractivity contribution in [1.29, 1.82) is 0 Å². The second-order valence-electron chi connectivity index (χ2n) is 5.26. The van der Waals surface area contributed by atoms with Gasteiger partial charge in [-0.1, -0.05) is 48.5 Å². The van der Waals surface area contributed by atoms with Gasteiger partial charge in [-0.05, 0) is 17.2 Å². The number of nitro benzene ring substituents is 1. The van der Waals surface area contributed by atoms with Gasteiger partial charge in [0.05, 0.1) is 12.0 Å². The van der Waals surface area contributed by atoms with E-state index in [1.807, 2.05) is 30.3 Å². The highest BCUT2D eigenvalue weighted by Crippen LogP contribution is 2.21. The molecule has 1 unspecified atom stereocenters. The lowest BCUT2D eigenvalue weighted by Crippen LogP contribution is -2.39. The summed E-state index contributed by atoms with van der Waals surface area (Å²) in [4.78, 5) is 22.2. The number of non-ortho nitro benzene ring substituents is 1. The molecular weight excluding hydrogens is 310 g/mol. The molecule has 0 aliphatic rings. The normalized spacial score (nSPS) is 13.4. The van der Waals surface area contributed by atoms with Gasteiger partial charge in [-0.25, -0.2) is 4.79 Å². The zero-order chi connectivity index (χ0) is 17.6. The molecule has 0 heterocycles. The van der Waals surface area contributed by atoms with Crippen molar-refractivity contribution in [2.75, 3.05) is 7.11 Å². The minimum atomic E-state index is -1.86. The Morgan fingerprint density at radius 3 is 2.38 bits per heavy atom. The van der Waals surface area contributed by atoms with Crippen molar-refractivity contribution in [3.63, 3.8) is 0 Å². The molecule has 0 aromatic heterocycles. The van der Waals surface area contributed by atoms with Crippen LogP contribution in [-0.4, -0.2) is 28.7 Å². The van der Waals surface area contributed by atoms with Crippen LogP contribution in [0, 0.1) is 10.1 Å². The number of aliphatic hydroxyl groups is 1. The number of methoxy groups -OCH3 is 1. The zero-order valence-corrected chi connectivity index (χ0v) is 13.1. The van der Waals surface area contributed by atoms with E-state index >= 15 is 0 Å². The molecule has 24 heavy (non-hydrogen) atoms. The number of hydrogen-bond donors (Lipinski definition) is 1. The fraction of sp³-hybridized carbons (Fsp3) is 0.167. The maximum Gasteiger partial charge on any atom is 0.342 e. The van der Waals surface area contributed by atoms with Crippen molar-refractivity contribution in [3.05, 3.63) is 81.9 Å². The molecule has 0 aliphatic carbocycles. The minimum absolute atomic E-state index is 0.0546. The van der Waals surface area contributed by atoms with E-state index in [-0.39, 0.29) is 12.1 Å². The molecule has 0 fully saturated rings. The Morgan fingerprint density at radius 1 is 1.21 bits per heavy atom. The summed E-state index contributed by atoms with van der Waals surface area (Å²) in [5.41, 5.74) is -0.518. The van der Waals surface area contributed by atoms with Crippen LogP contribution in [0.4, 0.5) is 5.69 Å². The maximum atomic E-state index is 12.0. The van der Waals surface area contributed by atoms with E-state index in [0.29, 0.717) is 5.56 Å². The fourth-order valence-corrected chi connectivity index (χ4v) is 2.22. The van der Waals surface area contributed by atoms with E-state index in [0.717, 1.165) is 5.56 Å². The van der Waals surface area contributed by atoms with Crippen molar-refractivity contribution in [3.8, 4) is 0 Å². The van der Waals surface area contributed by atoms with E-state index in [4.69, 9.17) is 0 Å². The molecule has 0 aliphatic heterocycles. The van der Waals surface area contributed by atoms with Gasteiger partial charge in [0.15, 0.2) is 5.60 Å². The number of ether oxygens (including phenoxy) is 1. The molecule has 6 nitrogen and oxygen atoms in total. The summed E-state index contributed by atoms with van der Waals surface area (Å²) in [5, 5.41) is 21.4. The van der Waals surface area contributed by atoms with Gasteiger partial charge >= 0.3 is 5.97 Å². The number of hydrogen-bond acceptors (Lipinski definition) is 5. The van der Waals surface area contributed by atoms with Crippen LogP contribution in [0.25, 0.3) is 6.08 Å². The molecule has 1 atom stereocenters. The van der Waals surface area contributed by atoms with Crippen molar-refractivity contribution >= 4 is 17.7 Å². The predicted octanol–water partition coefficient (Wildman–Crippen LogP) is 2.75. The molecule has 6 heteroatoms. The summed E-state index contributed by atoms with van der Waals surface area (Å²) in [6.45, 7) is 0. The van der Waals surface area contributed by atoms with Gasteiger partial charge in [0.25, 0.3) is 5.69 Å². The van der Waals surface area contributed by atoms with E-state index < -0.39 is 16.5 Å². The fourth-order valence-electron chi connectivity index (χ4n) is 2.22. The summed E-state index contributed by atoms with van der Waals surface area (Å²) >= 11 is 0. The van der Waals surface area contributed by atoms with E-state index in [2.05, 4.69) is 4.74 Å². The Labute approximate surface area is 139 Å². The van der Waals surface area contributed by atoms with Gasteiger partial charge in [0.2, 0.25) is 0 Å². The lowest BCUT2D eigenvalue weighted by Gasteiger charge is -2.21. The number of carbonyl (C=O) groups excluding carboxylic acids is 1. The van der Waals surface area contributed by atoms with Gasteiger partial charge in [-0.3, -0.25) is 10.1 Å². The monoisotopic (exact) mass is 327 g/mol. The third-order valence-electron chi connectivity index (χ3n) is 3.51. The molecule has 124 valence electrons. The first-order valence-corrected chi connectivity index (χ1v) is 7.23. The Balaban J connectivity index is 2.25. The topological polar surface area (TPSA) is 89.7 Å². The van der Waals surface area contributed by atoms with E-state index in [1.165, 1.54) is 37.5 Å². The first kappa shape index (κ1) is 17.4. The van der Waals surface area contributed by atoms with Crippen LogP contribution < -0.4 is 0 Å². The quantitative estimate of drug-likeness (QED) is 0.500. The van der Waals surface area contributed by atoms with Crippen molar-refractivity contribution in [1.82, 2.24) is 0 Å². The Bertz CT molecular complexity index is 740. The summed E-state index contributed by atoms with van der Waals surface area (Å²) in [5.74, 6) is -0.798. The van der Waals surface area contributed by atoms with Crippen LogP contribution in [0.3, 0.4) is 0 Å². The molecule has 0 bridgehead atoms. The molecule has 0 radical (unpaired) electrons. The third-order valence-corrected chi connectivity index (χ3v) is 3.51. The number of nitro groups is 1. The summed E-state index contributed by atoms with van der Waals surface area (Å²) in [7, 11) is 1.19. The zero-order valence-electron chi connectivity index (χ0n) is 13.1. The van der Waals surface area contributed by atoms with E-state index in [9.17, 15) is 20.0 Å². The summed E-state index contributed by atoms with van der Waals surface area (Å²) < 4.78 is 4.69. The first-order chi connectivity index (χ1) is 11.4. The molecule has 1 N–H and O–H groups in total. The smallest absolute Gasteiger partial charge is 0.342 e. The second kappa shape index (κ2) is 7.52. The number of esters is 1. The van der Waals surface area contributed by atoms with Crippen LogP contribution in [0.5, 0.6) is 0 Å². The van der Waals surface area contributed by atoms with Gasteiger partial charge in [-0.15, -0.1) is 0 Å². The SMILES string of the molecule is COC(=O)C(O)(/C=C/c1ccccc1)Cc1ccc([N+](=O)[O-])cc1. The highest BCUT2D eigenvalue weighted by atomic mass is 16.6. The lowest BCUT2D eigenvalue weighted by atomic mass is 9.93. The summed E-state index contributed by atoms with van der Waals surface area (Å²) in [6, 6.07) is 14.9. The Morgan fingerprint density at radius 2 is 1.83 bits per heavy atom. The predicted molar refractivity (Wildman–Crippen MR) is 89.2 cm³/mol. The average Bonchev–Trinajstić information content (AvgIpc) is 2.60. The second-order valence-corrected chi connectivity index (χ2v) is 5.26. The molecule has 0 saturated heterocycles. The molecule has 2 aromatic carbocycles. The van der Waals surface area contributed by atoms with Crippen LogP contribution >= 0.6 is 0 Å². The van der Waals surface area contributed by atoms with Gasteiger partial charge in [0.1, 0.15) is 0 Å². The van der Waals surface area contributed by atoms with Gasteiger partial charge in [0, 0.05) is 18.6 Å². The number of rotatable bonds is 6. The first-order valence-electron chi connectivity index (χ1n) is 7.23. The molecule has 2 aromatic rings. The molecular formula is C18H17NO5. The van der Waals surface area contributed by atoms with Crippen molar-refractivity contribution < 1.29 is 19.6 Å². The third kappa shape index (κ3) is 4.27. The minimum Gasteiger partial charge on any atom is -0.467 e.